The highest BCUT2D eigenvalue weighted by Crippen LogP contribution is 2.33. The normalized spacial score (nSPS) is 11.2. The lowest BCUT2D eigenvalue weighted by Crippen LogP contribution is -2.24. The first-order chi connectivity index (χ1) is 13.7. The number of alkyl halides is 3. The van der Waals surface area contributed by atoms with Crippen LogP contribution in [-0.4, -0.2) is 15.7 Å². The van der Waals surface area contributed by atoms with Crippen LogP contribution in [0.2, 0.25) is 0 Å². The van der Waals surface area contributed by atoms with Crippen LogP contribution in [0.1, 0.15) is 38.4 Å². The molecule has 0 saturated heterocycles. The molecule has 0 radical (unpaired) electrons. The highest BCUT2D eigenvalue weighted by Gasteiger charge is 2.34. The van der Waals surface area contributed by atoms with Crippen molar-refractivity contribution in [2.45, 2.75) is 26.6 Å². The second-order valence-electron chi connectivity index (χ2n) is 6.55. The molecule has 1 N–H and O–H groups in total. The van der Waals surface area contributed by atoms with E-state index in [9.17, 15) is 18.0 Å². The predicted molar refractivity (Wildman–Crippen MR) is 100 cm³/mol. The Morgan fingerprint density at radius 1 is 1.17 bits per heavy atom. The van der Waals surface area contributed by atoms with Gasteiger partial charge in [-0.2, -0.15) is 23.5 Å². The van der Waals surface area contributed by atoms with Crippen LogP contribution >= 0.6 is 0 Å². The van der Waals surface area contributed by atoms with Gasteiger partial charge in [-0.1, -0.05) is 12.1 Å². The fourth-order valence-corrected chi connectivity index (χ4v) is 3.01. The summed E-state index contributed by atoms with van der Waals surface area (Å²) < 4.78 is 42.3. The smallest absolute Gasteiger partial charge is 0.348 e. The minimum atomic E-state index is -4.59. The molecule has 29 heavy (non-hydrogen) atoms. The number of carbonyl (C=O) groups excluding carboxylic acids is 1. The zero-order valence-corrected chi connectivity index (χ0v) is 15.7. The van der Waals surface area contributed by atoms with Crippen LogP contribution in [0.25, 0.3) is 5.69 Å². The average Bonchev–Trinajstić information content (AvgIpc) is 3.03. The molecule has 1 aromatic heterocycles. The van der Waals surface area contributed by atoms with Crippen LogP contribution in [-0.2, 0) is 12.7 Å². The molecular weight excluding hydrogens is 381 g/mol. The lowest BCUT2D eigenvalue weighted by molar-refractivity contribution is -0.138. The molecule has 0 aliphatic heterocycles. The van der Waals surface area contributed by atoms with Crippen LogP contribution in [0.15, 0.2) is 48.5 Å². The number of aryl methyl sites for hydroxylation is 2. The Balaban J connectivity index is 1.88. The number of nitrogens with zero attached hydrogens (tertiary/aromatic N) is 3. The van der Waals surface area contributed by atoms with E-state index in [1.54, 1.807) is 19.9 Å². The molecule has 0 fully saturated rings. The van der Waals surface area contributed by atoms with E-state index >= 15 is 0 Å². The average molecular weight is 398 g/mol. The van der Waals surface area contributed by atoms with Crippen molar-refractivity contribution in [3.05, 3.63) is 82.2 Å². The number of carbonyl (C=O) groups is 1. The van der Waals surface area contributed by atoms with Crippen molar-refractivity contribution in [1.82, 2.24) is 15.1 Å². The van der Waals surface area contributed by atoms with Crippen molar-refractivity contribution in [2.75, 3.05) is 0 Å². The number of benzene rings is 2. The van der Waals surface area contributed by atoms with Gasteiger partial charge in [0.1, 0.15) is 0 Å². The molecule has 0 bridgehead atoms. The predicted octanol–water partition coefficient (Wildman–Crippen LogP) is 4.31. The van der Waals surface area contributed by atoms with Gasteiger partial charge in [-0.25, -0.2) is 4.68 Å². The Bertz CT molecular complexity index is 1110. The number of nitrogens with one attached hydrogen (secondary N) is 1. The van der Waals surface area contributed by atoms with Crippen molar-refractivity contribution < 1.29 is 18.0 Å². The van der Waals surface area contributed by atoms with Gasteiger partial charge in [-0.3, -0.25) is 4.79 Å². The molecule has 148 valence electrons. The third-order valence-corrected chi connectivity index (χ3v) is 4.35. The van der Waals surface area contributed by atoms with Crippen molar-refractivity contribution in [3.8, 4) is 11.8 Å². The molecule has 5 nitrogen and oxygen atoms in total. The molecule has 0 saturated carbocycles. The maximum Gasteiger partial charge on any atom is 0.416 e. The van der Waals surface area contributed by atoms with Gasteiger partial charge in [-0.15, -0.1) is 0 Å². The Labute approximate surface area is 165 Å². The Morgan fingerprint density at radius 2 is 1.93 bits per heavy atom. The van der Waals surface area contributed by atoms with Gasteiger partial charge < -0.3 is 5.32 Å². The van der Waals surface area contributed by atoms with Crippen molar-refractivity contribution in [1.29, 1.82) is 5.26 Å². The van der Waals surface area contributed by atoms with Crippen LogP contribution < -0.4 is 5.32 Å². The third kappa shape index (κ3) is 4.46. The minimum absolute atomic E-state index is 0.0624. The molecule has 0 spiro atoms. The fourth-order valence-electron chi connectivity index (χ4n) is 3.01. The molecular formula is C21H17F3N4O. The van der Waals surface area contributed by atoms with E-state index in [2.05, 4.69) is 10.4 Å². The molecule has 1 amide bonds. The number of amides is 1. The molecule has 8 heteroatoms. The van der Waals surface area contributed by atoms with Gasteiger partial charge in [0, 0.05) is 17.8 Å². The number of rotatable bonds is 4. The Kier molecular flexibility index (Phi) is 5.41. The first kappa shape index (κ1) is 20.1. The maximum absolute atomic E-state index is 13.6. The van der Waals surface area contributed by atoms with Crippen LogP contribution in [0.5, 0.6) is 0 Å². The van der Waals surface area contributed by atoms with Crippen molar-refractivity contribution in [2.24, 2.45) is 0 Å². The summed E-state index contributed by atoms with van der Waals surface area (Å²) >= 11 is 0. The van der Waals surface area contributed by atoms with E-state index in [0.29, 0.717) is 22.6 Å². The largest absolute Gasteiger partial charge is 0.416 e. The van der Waals surface area contributed by atoms with Crippen molar-refractivity contribution in [3.63, 3.8) is 0 Å². The summed E-state index contributed by atoms with van der Waals surface area (Å²) in [4.78, 5) is 12.3. The second-order valence-corrected chi connectivity index (χ2v) is 6.55. The van der Waals surface area contributed by atoms with Crippen LogP contribution in [0, 0.1) is 25.2 Å². The molecule has 3 aromatic rings. The Hall–Kier alpha value is -3.60. The van der Waals surface area contributed by atoms with E-state index in [0.717, 1.165) is 6.07 Å². The molecule has 2 aromatic carbocycles. The van der Waals surface area contributed by atoms with E-state index in [-0.39, 0.29) is 17.7 Å². The van der Waals surface area contributed by atoms with Gasteiger partial charge in [0.05, 0.1) is 28.6 Å². The molecule has 0 unspecified atom stereocenters. The van der Waals surface area contributed by atoms with Crippen LogP contribution in [0.3, 0.4) is 0 Å². The van der Waals surface area contributed by atoms with Crippen LogP contribution in [0.4, 0.5) is 13.2 Å². The van der Waals surface area contributed by atoms with Gasteiger partial charge in [0.2, 0.25) is 0 Å². The monoisotopic (exact) mass is 398 g/mol. The van der Waals surface area contributed by atoms with E-state index < -0.39 is 17.6 Å². The molecule has 0 aliphatic rings. The summed E-state index contributed by atoms with van der Waals surface area (Å²) in [5, 5.41) is 15.6. The quantitative estimate of drug-likeness (QED) is 0.712. The highest BCUT2D eigenvalue weighted by molar-refractivity contribution is 5.94. The number of hydrogen-bond acceptors (Lipinski definition) is 3. The van der Waals surface area contributed by atoms with Gasteiger partial charge >= 0.3 is 6.18 Å². The van der Waals surface area contributed by atoms with E-state index in [1.807, 2.05) is 6.07 Å². The number of nitriles is 1. The SMILES string of the molecule is Cc1cc(C)n(-c2ccc(CNC(=O)c3cccc(C#N)c3)c(C(F)(F)F)c2)n1. The van der Waals surface area contributed by atoms with Gasteiger partial charge in [0.25, 0.3) is 5.91 Å². The lowest BCUT2D eigenvalue weighted by Gasteiger charge is -2.16. The number of aromatic nitrogens is 2. The Morgan fingerprint density at radius 3 is 2.55 bits per heavy atom. The minimum Gasteiger partial charge on any atom is -0.348 e. The topological polar surface area (TPSA) is 70.7 Å². The van der Waals surface area contributed by atoms with Gasteiger partial charge in [-0.05, 0) is 55.8 Å². The summed E-state index contributed by atoms with van der Waals surface area (Å²) in [7, 11) is 0. The summed E-state index contributed by atoms with van der Waals surface area (Å²) in [5.41, 5.74) is 1.31. The summed E-state index contributed by atoms with van der Waals surface area (Å²) in [6.45, 7) is 3.22. The van der Waals surface area contributed by atoms with Crippen molar-refractivity contribution >= 4 is 5.91 Å². The fraction of sp³-hybridized carbons (Fsp3) is 0.190. The zero-order valence-electron chi connectivity index (χ0n) is 15.7. The highest BCUT2D eigenvalue weighted by atomic mass is 19.4. The summed E-state index contributed by atoms with van der Waals surface area (Å²) in [5.74, 6) is -0.558. The molecule has 0 aliphatic carbocycles. The number of hydrogen-bond donors (Lipinski definition) is 1. The lowest BCUT2D eigenvalue weighted by atomic mass is 10.1. The third-order valence-electron chi connectivity index (χ3n) is 4.35. The standard InChI is InChI=1S/C21H17F3N4O/c1-13-8-14(2)28(27-13)18-7-6-17(19(10-18)21(22,23)24)12-26-20(29)16-5-3-4-15(9-16)11-25/h3-10H,12H2,1-2H3,(H,26,29). The first-order valence-corrected chi connectivity index (χ1v) is 8.71. The molecule has 0 atom stereocenters. The van der Waals surface area contributed by atoms with E-state index in [4.69, 9.17) is 5.26 Å². The second kappa shape index (κ2) is 7.80. The van der Waals surface area contributed by atoms with Gasteiger partial charge in [0.15, 0.2) is 0 Å². The summed E-state index contributed by atoms with van der Waals surface area (Å²) in [6, 6.07) is 13.5. The molecule has 1 heterocycles. The molecule has 3 rings (SSSR count). The first-order valence-electron chi connectivity index (χ1n) is 8.71. The van der Waals surface area contributed by atoms with E-state index in [1.165, 1.54) is 41.1 Å². The maximum atomic E-state index is 13.6. The summed E-state index contributed by atoms with van der Waals surface area (Å²) in [6.07, 6.45) is -4.59. The zero-order chi connectivity index (χ0) is 21.2. The number of halogens is 3.